The van der Waals surface area contributed by atoms with Gasteiger partial charge < -0.3 is 14.6 Å². The first-order valence-corrected chi connectivity index (χ1v) is 6.59. The number of hydrogen-bond acceptors (Lipinski definition) is 3. The normalized spacial score (nSPS) is 12.0. The van der Waals surface area contributed by atoms with Crippen LogP contribution in [0.2, 0.25) is 0 Å². The van der Waals surface area contributed by atoms with E-state index in [1.165, 1.54) is 0 Å². The zero-order chi connectivity index (χ0) is 15.2. The van der Waals surface area contributed by atoms with Gasteiger partial charge in [-0.1, -0.05) is 12.1 Å². The average Bonchev–Trinajstić information content (AvgIpc) is 2.49. The van der Waals surface area contributed by atoms with Gasteiger partial charge >= 0.3 is 0 Å². The molecule has 2 rings (SSSR count). The molecular weight excluding hydrogens is 278 g/mol. The number of hydrogen-bond donors (Lipinski definition) is 1. The van der Waals surface area contributed by atoms with Crippen LogP contribution in [-0.4, -0.2) is 18.3 Å². The summed E-state index contributed by atoms with van der Waals surface area (Å²) in [7, 11) is 0. The number of aliphatic hydroxyl groups is 1. The molecule has 0 heterocycles. The Bertz CT molecular complexity index is 602. The molecule has 0 aliphatic heterocycles. The van der Waals surface area contributed by atoms with Gasteiger partial charge in [-0.15, -0.1) is 0 Å². The number of ether oxygens (including phenoxy) is 2. The van der Waals surface area contributed by atoms with Crippen LogP contribution in [0.15, 0.2) is 42.5 Å². The van der Waals surface area contributed by atoms with Crippen LogP contribution in [-0.2, 0) is 0 Å². The maximum Gasteiger partial charge on any atom is 0.161 e. The third-order valence-corrected chi connectivity index (χ3v) is 2.86. The molecule has 3 nitrogen and oxygen atoms in total. The molecule has 0 saturated heterocycles. The molecule has 0 amide bonds. The van der Waals surface area contributed by atoms with Gasteiger partial charge in [0, 0.05) is 5.56 Å². The van der Waals surface area contributed by atoms with Crippen LogP contribution in [0.5, 0.6) is 11.5 Å². The zero-order valence-corrected chi connectivity index (χ0v) is 11.6. The molecule has 0 aromatic heterocycles. The van der Waals surface area contributed by atoms with Crippen molar-refractivity contribution in [3.8, 4) is 11.5 Å². The first-order valence-electron chi connectivity index (χ1n) is 6.59. The lowest BCUT2D eigenvalue weighted by atomic mass is 10.1. The molecule has 0 spiro atoms. The Morgan fingerprint density at radius 2 is 1.71 bits per heavy atom. The van der Waals surface area contributed by atoms with E-state index in [9.17, 15) is 13.9 Å². The number of aliphatic hydroxyl groups excluding tert-OH is 1. The Hall–Kier alpha value is -2.14. The van der Waals surface area contributed by atoms with E-state index in [0.717, 1.165) is 18.2 Å². The number of benzene rings is 2. The van der Waals surface area contributed by atoms with Crippen molar-refractivity contribution in [2.24, 2.45) is 0 Å². The fourth-order valence-corrected chi connectivity index (χ4v) is 1.87. The topological polar surface area (TPSA) is 38.7 Å². The number of rotatable bonds is 6. The lowest BCUT2D eigenvalue weighted by Crippen LogP contribution is -2.12. The Morgan fingerprint density at radius 3 is 2.38 bits per heavy atom. The molecule has 0 aliphatic carbocycles. The van der Waals surface area contributed by atoms with E-state index in [4.69, 9.17) is 9.47 Å². The van der Waals surface area contributed by atoms with Gasteiger partial charge in [-0.3, -0.25) is 0 Å². The van der Waals surface area contributed by atoms with E-state index in [0.29, 0.717) is 18.1 Å². The molecular formula is C16H16F2O3. The largest absolute Gasteiger partial charge is 0.490 e. The van der Waals surface area contributed by atoms with E-state index in [1.807, 2.05) is 6.92 Å². The van der Waals surface area contributed by atoms with Crippen molar-refractivity contribution < 1.29 is 23.4 Å². The molecule has 1 N–H and O–H groups in total. The van der Waals surface area contributed by atoms with Crippen LogP contribution >= 0.6 is 0 Å². The number of halogens is 2. The van der Waals surface area contributed by atoms with Crippen molar-refractivity contribution >= 4 is 0 Å². The summed E-state index contributed by atoms with van der Waals surface area (Å²) < 4.78 is 37.4. The molecule has 0 bridgehead atoms. The minimum absolute atomic E-state index is 0.135. The summed E-state index contributed by atoms with van der Waals surface area (Å²) in [5, 5.41) is 9.94. The van der Waals surface area contributed by atoms with Crippen LogP contribution < -0.4 is 9.47 Å². The van der Waals surface area contributed by atoms with Crippen LogP contribution in [0.25, 0.3) is 0 Å². The van der Waals surface area contributed by atoms with Gasteiger partial charge in [-0.25, -0.2) is 8.78 Å². The van der Waals surface area contributed by atoms with Crippen LogP contribution in [0, 0.1) is 11.6 Å². The molecule has 1 atom stereocenters. The molecule has 5 heteroatoms. The lowest BCUT2D eigenvalue weighted by molar-refractivity contribution is 0.102. The summed E-state index contributed by atoms with van der Waals surface area (Å²) >= 11 is 0. The second kappa shape index (κ2) is 7.04. The average molecular weight is 294 g/mol. The SMILES string of the molecule is CCOc1ccccc1OCC(O)c1cc(F)ccc1F. The molecule has 1 unspecified atom stereocenters. The fraction of sp³-hybridized carbons (Fsp3) is 0.250. The standard InChI is InChI=1S/C16H16F2O3/c1-2-20-15-5-3-4-6-16(15)21-10-14(19)12-9-11(17)7-8-13(12)18/h3-9,14,19H,2,10H2,1H3. The molecule has 21 heavy (non-hydrogen) atoms. The minimum atomic E-state index is -1.27. The van der Waals surface area contributed by atoms with Gasteiger partial charge in [0.05, 0.1) is 6.61 Å². The molecule has 0 fully saturated rings. The van der Waals surface area contributed by atoms with Crippen molar-refractivity contribution in [1.82, 2.24) is 0 Å². The van der Waals surface area contributed by atoms with Gasteiger partial charge in [0.2, 0.25) is 0 Å². The summed E-state index contributed by atoms with van der Waals surface area (Å²) in [5.74, 6) is -0.312. The fourth-order valence-electron chi connectivity index (χ4n) is 1.87. The summed E-state index contributed by atoms with van der Waals surface area (Å²) in [6.07, 6.45) is -1.27. The smallest absolute Gasteiger partial charge is 0.161 e. The predicted octanol–water partition coefficient (Wildman–Crippen LogP) is 3.48. The summed E-state index contributed by atoms with van der Waals surface area (Å²) in [5.41, 5.74) is -0.135. The molecule has 2 aromatic rings. The van der Waals surface area contributed by atoms with Gasteiger partial charge in [-0.2, -0.15) is 0 Å². The van der Waals surface area contributed by atoms with Crippen molar-refractivity contribution in [1.29, 1.82) is 0 Å². The van der Waals surface area contributed by atoms with Crippen molar-refractivity contribution in [2.75, 3.05) is 13.2 Å². The maximum absolute atomic E-state index is 13.5. The minimum Gasteiger partial charge on any atom is -0.490 e. The van der Waals surface area contributed by atoms with E-state index >= 15 is 0 Å². The quantitative estimate of drug-likeness (QED) is 0.886. The van der Waals surface area contributed by atoms with Crippen molar-refractivity contribution in [2.45, 2.75) is 13.0 Å². The maximum atomic E-state index is 13.5. The highest BCUT2D eigenvalue weighted by atomic mass is 19.1. The third-order valence-electron chi connectivity index (χ3n) is 2.86. The first kappa shape index (κ1) is 15.3. The van der Waals surface area contributed by atoms with E-state index < -0.39 is 17.7 Å². The van der Waals surface area contributed by atoms with Gasteiger partial charge in [0.1, 0.15) is 24.3 Å². The monoisotopic (exact) mass is 294 g/mol. The Kier molecular flexibility index (Phi) is 5.11. The molecule has 112 valence electrons. The van der Waals surface area contributed by atoms with Crippen LogP contribution in [0.4, 0.5) is 8.78 Å². The molecule has 0 aliphatic rings. The van der Waals surface area contributed by atoms with Gasteiger partial charge in [-0.05, 0) is 37.3 Å². The van der Waals surface area contributed by atoms with Crippen LogP contribution in [0.3, 0.4) is 0 Å². The van der Waals surface area contributed by atoms with Gasteiger partial charge in [0.25, 0.3) is 0 Å². The second-order valence-corrected chi connectivity index (χ2v) is 4.37. The lowest BCUT2D eigenvalue weighted by Gasteiger charge is -2.15. The molecule has 0 saturated carbocycles. The van der Waals surface area contributed by atoms with Crippen molar-refractivity contribution in [3.05, 3.63) is 59.7 Å². The summed E-state index contributed by atoms with van der Waals surface area (Å²) in [4.78, 5) is 0. The van der Waals surface area contributed by atoms with Crippen molar-refractivity contribution in [3.63, 3.8) is 0 Å². The highest BCUT2D eigenvalue weighted by molar-refractivity contribution is 5.39. The highest BCUT2D eigenvalue weighted by Crippen LogP contribution is 2.28. The Labute approximate surface area is 121 Å². The van der Waals surface area contributed by atoms with Crippen LogP contribution in [0.1, 0.15) is 18.6 Å². The third kappa shape index (κ3) is 3.92. The summed E-state index contributed by atoms with van der Waals surface area (Å²) in [6.45, 7) is 2.11. The molecule has 2 aromatic carbocycles. The zero-order valence-electron chi connectivity index (χ0n) is 11.6. The number of para-hydroxylation sites is 2. The predicted molar refractivity (Wildman–Crippen MR) is 74.4 cm³/mol. The van der Waals surface area contributed by atoms with E-state index in [-0.39, 0.29) is 12.2 Å². The summed E-state index contributed by atoms with van der Waals surface area (Å²) in [6, 6.07) is 9.89. The van der Waals surface area contributed by atoms with E-state index in [2.05, 4.69) is 0 Å². The second-order valence-electron chi connectivity index (χ2n) is 4.37. The molecule has 0 radical (unpaired) electrons. The Morgan fingerprint density at radius 1 is 1.05 bits per heavy atom. The van der Waals surface area contributed by atoms with E-state index in [1.54, 1.807) is 24.3 Å². The first-order chi connectivity index (χ1) is 10.1. The Balaban J connectivity index is 2.07. The highest BCUT2D eigenvalue weighted by Gasteiger charge is 2.15. The van der Waals surface area contributed by atoms with Gasteiger partial charge in [0.15, 0.2) is 11.5 Å².